The quantitative estimate of drug-likeness (QED) is 0.586. The minimum Gasteiger partial charge on any atom is -0.370 e. The molecule has 0 spiro atoms. The van der Waals surface area contributed by atoms with Gasteiger partial charge < -0.3 is 16.4 Å². The Morgan fingerprint density at radius 3 is 2.22 bits per heavy atom. The van der Waals surface area contributed by atoms with Gasteiger partial charge >= 0.3 is 0 Å². The van der Waals surface area contributed by atoms with Crippen molar-refractivity contribution in [3.63, 3.8) is 0 Å². The summed E-state index contributed by atoms with van der Waals surface area (Å²) in [6.45, 7) is 1.96. The third-order valence-corrected chi connectivity index (χ3v) is 3.16. The number of carbonyl (C=O) groups excluding carboxylic acids is 1. The number of rotatable bonds is 5. The number of carbonyl (C=O) groups is 1. The molecular weight excluding hydrogens is 295 g/mol. The van der Waals surface area contributed by atoms with Crippen molar-refractivity contribution in [2.75, 3.05) is 17.2 Å². The zero-order chi connectivity index (χ0) is 16.7. The molecule has 2 aromatic rings. The van der Waals surface area contributed by atoms with E-state index in [2.05, 4.69) is 22.5 Å². The molecule has 0 fully saturated rings. The Kier molecular flexibility index (Phi) is 5.68. The molecule has 23 heavy (non-hydrogen) atoms. The number of amides is 1. The largest absolute Gasteiger partial charge is 0.370 e. The first kappa shape index (κ1) is 16.5. The van der Waals surface area contributed by atoms with E-state index in [0.717, 1.165) is 12.1 Å². The number of aryl methyl sites for hydroxylation is 1. The molecule has 0 unspecified atom stereocenters. The van der Waals surface area contributed by atoms with Crippen molar-refractivity contribution in [3.05, 3.63) is 59.9 Å². The van der Waals surface area contributed by atoms with Crippen LogP contribution in [0.5, 0.6) is 0 Å². The number of hydrogen-bond donors (Lipinski definition) is 3. The van der Waals surface area contributed by atoms with E-state index in [-0.39, 0.29) is 24.2 Å². The van der Waals surface area contributed by atoms with Crippen LogP contribution in [0.25, 0.3) is 0 Å². The molecule has 2 aromatic carbocycles. The highest BCUT2D eigenvalue weighted by Crippen LogP contribution is 2.10. The van der Waals surface area contributed by atoms with E-state index in [1.807, 2.05) is 24.3 Å². The average molecular weight is 314 g/mol. The lowest BCUT2D eigenvalue weighted by molar-refractivity contribution is -0.114. The highest BCUT2D eigenvalue weighted by Gasteiger charge is 2.02. The zero-order valence-electron chi connectivity index (χ0n) is 12.8. The van der Waals surface area contributed by atoms with Crippen LogP contribution in [0.3, 0.4) is 0 Å². The number of nitrogens with one attached hydrogen (secondary N) is 2. The fourth-order valence-electron chi connectivity index (χ4n) is 1.90. The normalized spacial score (nSPS) is 11.1. The molecular formula is C17H19FN4O. The average Bonchev–Trinajstić information content (AvgIpc) is 2.56. The molecule has 0 aliphatic carbocycles. The summed E-state index contributed by atoms with van der Waals surface area (Å²) in [4.78, 5) is 15.7. The van der Waals surface area contributed by atoms with E-state index in [1.165, 1.54) is 29.8 Å². The van der Waals surface area contributed by atoms with Crippen LogP contribution in [0.4, 0.5) is 15.8 Å². The summed E-state index contributed by atoms with van der Waals surface area (Å²) in [6.07, 6.45) is 0.966. The topological polar surface area (TPSA) is 79.5 Å². The van der Waals surface area contributed by atoms with Crippen LogP contribution in [0.1, 0.15) is 12.5 Å². The second-order valence-corrected chi connectivity index (χ2v) is 4.93. The van der Waals surface area contributed by atoms with Gasteiger partial charge in [0.05, 0.1) is 0 Å². The van der Waals surface area contributed by atoms with Crippen molar-refractivity contribution in [3.8, 4) is 0 Å². The number of guanidine groups is 1. The molecule has 0 aromatic heterocycles. The maximum atomic E-state index is 12.8. The van der Waals surface area contributed by atoms with Crippen molar-refractivity contribution in [1.82, 2.24) is 0 Å². The molecule has 0 bridgehead atoms. The molecule has 2 rings (SSSR count). The van der Waals surface area contributed by atoms with Gasteiger partial charge in [0.1, 0.15) is 12.4 Å². The van der Waals surface area contributed by atoms with E-state index < -0.39 is 0 Å². The maximum Gasteiger partial charge on any atom is 0.246 e. The fraction of sp³-hybridized carbons (Fsp3) is 0.176. The van der Waals surface area contributed by atoms with Gasteiger partial charge in [-0.05, 0) is 48.4 Å². The van der Waals surface area contributed by atoms with Crippen molar-refractivity contribution >= 4 is 23.2 Å². The maximum absolute atomic E-state index is 12.8. The number of halogens is 1. The Morgan fingerprint density at radius 1 is 1.04 bits per heavy atom. The van der Waals surface area contributed by atoms with Gasteiger partial charge in [0.2, 0.25) is 5.91 Å². The molecule has 1 amide bonds. The Bertz CT molecular complexity index is 681. The Balaban J connectivity index is 1.85. The first-order valence-electron chi connectivity index (χ1n) is 7.28. The highest BCUT2D eigenvalue weighted by atomic mass is 19.1. The number of aliphatic imine (C=N–C) groups is 1. The van der Waals surface area contributed by atoms with E-state index in [0.29, 0.717) is 5.69 Å². The van der Waals surface area contributed by atoms with Crippen LogP contribution in [-0.4, -0.2) is 18.4 Å². The number of hydrogen-bond acceptors (Lipinski definition) is 2. The van der Waals surface area contributed by atoms with Gasteiger partial charge in [-0.15, -0.1) is 0 Å². The van der Waals surface area contributed by atoms with Gasteiger partial charge in [-0.3, -0.25) is 4.79 Å². The van der Waals surface area contributed by atoms with Gasteiger partial charge in [0, 0.05) is 11.4 Å². The van der Waals surface area contributed by atoms with Gasteiger partial charge in [-0.2, -0.15) is 0 Å². The predicted octanol–water partition coefficient (Wildman–Crippen LogP) is 2.75. The minimum atomic E-state index is -0.358. The number of nitrogens with zero attached hydrogens (tertiary/aromatic N) is 1. The van der Waals surface area contributed by atoms with Crippen LogP contribution in [0, 0.1) is 5.82 Å². The van der Waals surface area contributed by atoms with E-state index >= 15 is 0 Å². The summed E-state index contributed by atoms with van der Waals surface area (Å²) in [5.41, 5.74) is 8.29. The number of anilines is 2. The standard InChI is InChI=1S/C17H19FN4O/c1-2-12-3-7-15(8-4-12)22-17(19)20-11-16(23)21-14-9-5-13(18)6-10-14/h3-10H,2,11H2,1H3,(H,21,23)(H3,19,20,22). The predicted molar refractivity (Wildman–Crippen MR) is 91.0 cm³/mol. The summed E-state index contributed by atoms with van der Waals surface area (Å²) < 4.78 is 12.8. The molecule has 0 atom stereocenters. The molecule has 4 N–H and O–H groups in total. The van der Waals surface area contributed by atoms with E-state index in [1.54, 1.807) is 0 Å². The third kappa shape index (κ3) is 5.43. The van der Waals surface area contributed by atoms with Crippen LogP contribution in [0.15, 0.2) is 53.5 Å². The monoisotopic (exact) mass is 314 g/mol. The third-order valence-electron chi connectivity index (χ3n) is 3.16. The summed E-state index contributed by atoms with van der Waals surface area (Å²) in [5, 5.41) is 5.53. The minimum absolute atomic E-state index is 0.122. The number of nitrogens with two attached hydrogens (primary N) is 1. The van der Waals surface area contributed by atoms with Crippen LogP contribution in [0.2, 0.25) is 0 Å². The molecule has 0 saturated carbocycles. The lowest BCUT2D eigenvalue weighted by Crippen LogP contribution is -2.25. The van der Waals surface area contributed by atoms with Crippen molar-refractivity contribution in [2.45, 2.75) is 13.3 Å². The molecule has 6 heteroatoms. The Morgan fingerprint density at radius 2 is 1.61 bits per heavy atom. The highest BCUT2D eigenvalue weighted by molar-refractivity contribution is 5.97. The van der Waals surface area contributed by atoms with Crippen LogP contribution < -0.4 is 16.4 Å². The Hall–Kier alpha value is -2.89. The van der Waals surface area contributed by atoms with Crippen molar-refractivity contribution in [1.29, 1.82) is 0 Å². The molecule has 5 nitrogen and oxygen atoms in total. The molecule has 0 aliphatic rings. The summed E-state index contributed by atoms with van der Waals surface area (Å²) in [7, 11) is 0. The van der Waals surface area contributed by atoms with Gasteiger partial charge in [0.25, 0.3) is 0 Å². The van der Waals surface area contributed by atoms with Gasteiger partial charge in [-0.1, -0.05) is 19.1 Å². The van der Waals surface area contributed by atoms with E-state index in [9.17, 15) is 9.18 Å². The number of benzene rings is 2. The lowest BCUT2D eigenvalue weighted by Gasteiger charge is -2.07. The van der Waals surface area contributed by atoms with Gasteiger partial charge in [0.15, 0.2) is 5.96 Å². The van der Waals surface area contributed by atoms with Crippen LogP contribution in [-0.2, 0) is 11.2 Å². The molecule has 0 radical (unpaired) electrons. The second-order valence-electron chi connectivity index (χ2n) is 4.93. The van der Waals surface area contributed by atoms with E-state index in [4.69, 9.17) is 5.73 Å². The lowest BCUT2D eigenvalue weighted by atomic mass is 10.1. The second kappa shape index (κ2) is 7.93. The summed E-state index contributed by atoms with van der Waals surface area (Å²) in [5.74, 6) is -0.533. The van der Waals surface area contributed by atoms with Crippen molar-refractivity contribution < 1.29 is 9.18 Å². The smallest absolute Gasteiger partial charge is 0.246 e. The summed E-state index contributed by atoms with van der Waals surface area (Å²) in [6, 6.07) is 13.3. The van der Waals surface area contributed by atoms with Gasteiger partial charge in [-0.25, -0.2) is 9.38 Å². The fourth-order valence-corrected chi connectivity index (χ4v) is 1.90. The Labute approximate surface area is 134 Å². The van der Waals surface area contributed by atoms with Crippen molar-refractivity contribution in [2.24, 2.45) is 10.7 Å². The molecule has 0 aliphatic heterocycles. The first-order chi connectivity index (χ1) is 11.1. The van der Waals surface area contributed by atoms with Crippen LogP contribution >= 0.6 is 0 Å². The molecule has 0 saturated heterocycles. The SMILES string of the molecule is CCc1ccc(NC(N)=NCC(=O)Nc2ccc(F)cc2)cc1. The zero-order valence-corrected chi connectivity index (χ0v) is 12.8. The summed E-state index contributed by atoms with van der Waals surface area (Å²) >= 11 is 0. The molecule has 0 heterocycles. The first-order valence-corrected chi connectivity index (χ1v) is 7.28. The molecule has 120 valence electrons.